The highest BCUT2D eigenvalue weighted by atomic mass is 19.1. The molecule has 0 fully saturated rings. The fourth-order valence-corrected chi connectivity index (χ4v) is 2.53. The lowest BCUT2D eigenvalue weighted by molar-refractivity contribution is 0.0988. The van der Waals surface area contributed by atoms with Gasteiger partial charge in [-0.15, -0.1) is 0 Å². The van der Waals surface area contributed by atoms with Crippen LogP contribution in [0.1, 0.15) is 21.7 Å². The number of carbonyl (C=O) groups excluding carboxylic acids is 1. The zero-order chi connectivity index (χ0) is 17.9. The molecule has 1 amide bonds. The number of aromatic nitrogens is 1. The van der Waals surface area contributed by atoms with Crippen molar-refractivity contribution in [1.82, 2.24) is 5.16 Å². The van der Waals surface area contributed by atoms with E-state index in [9.17, 15) is 9.18 Å². The number of carbonyl (C=O) groups is 1. The molecule has 0 spiro atoms. The van der Waals surface area contributed by atoms with Crippen LogP contribution < -0.4 is 5.32 Å². The Balaban J connectivity index is 1.47. The van der Waals surface area contributed by atoms with Gasteiger partial charge in [-0.3, -0.25) is 9.79 Å². The van der Waals surface area contributed by atoms with E-state index in [4.69, 9.17) is 4.52 Å². The van der Waals surface area contributed by atoms with E-state index in [0.717, 1.165) is 16.8 Å². The number of amidine groups is 1. The SMILES string of the molecule is O=C(Nc1ccc(C2=NCC(c3ccc(F)cc3)=N2)cc1)c1ccno1. The molecule has 0 unspecified atom stereocenters. The summed E-state index contributed by atoms with van der Waals surface area (Å²) in [5.41, 5.74) is 3.10. The highest BCUT2D eigenvalue weighted by Crippen LogP contribution is 2.16. The van der Waals surface area contributed by atoms with Crippen molar-refractivity contribution in [1.29, 1.82) is 0 Å². The Morgan fingerprint density at radius 3 is 2.42 bits per heavy atom. The van der Waals surface area contributed by atoms with Gasteiger partial charge in [0, 0.05) is 17.3 Å². The van der Waals surface area contributed by atoms with Crippen LogP contribution >= 0.6 is 0 Å². The zero-order valence-corrected chi connectivity index (χ0v) is 13.5. The summed E-state index contributed by atoms with van der Waals surface area (Å²) >= 11 is 0. The maximum atomic E-state index is 13.0. The first-order valence-corrected chi connectivity index (χ1v) is 7.89. The molecule has 0 bridgehead atoms. The molecule has 128 valence electrons. The number of hydrogen-bond acceptors (Lipinski definition) is 5. The summed E-state index contributed by atoms with van der Waals surface area (Å²) in [6.45, 7) is 0.449. The number of anilines is 1. The zero-order valence-electron chi connectivity index (χ0n) is 13.5. The van der Waals surface area contributed by atoms with Crippen LogP contribution in [0.3, 0.4) is 0 Å². The molecule has 3 aromatic rings. The van der Waals surface area contributed by atoms with Crippen LogP contribution in [0.15, 0.2) is 75.3 Å². The smallest absolute Gasteiger partial charge is 0.294 e. The molecule has 0 saturated heterocycles. The standard InChI is InChI=1S/C19H13FN4O2/c20-14-5-1-12(2-6-14)16-11-21-18(24-16)13-3-7-15(8-4-13)23-19(25)17-9-10-22-26-17/h1-10H,11H2,(H,23,25). The third kappa shape index (κ3) is 3.27. The van der Waals surface area contributed by atoms with Gasteiger partial charge in [0.15, 0.2) is 5.84 Å². The lowest BCUT2D eigenvalue weighted by Gasteiger charge is -2.04. The average Bonchev–Trinajstić information content (AvgIpc) is 3.35. The third-order valence-corrected chi connectivity index (χ3v) is 3.86. The summed E-state index contributed by atoms with van der Waals surface area (Å²) in [5, 5.41) is 6.22. The van der Waals surface area contributed by atoms with Gasteiger partial charge in [-0.05, 0) is 42.0 Å². The van der Waals surface area contributed by atoms with E-state index < -0.39 is 0 Å². The molecule has 2 heterocycles. The molecule has 0 aliphatic carbocycles. The van der Waals surface area contributed by atoms with Crippen LogP contribution in [0.25, 0.3) is 0 Å². The van der Waals surface area contributed by atoms with E-state index in [0.29, 0.717) is 18.1 Å². The molecule has 0 radical (unpaired) electrons. The van der Waals surface area contributed by atoms with Gasteiger partial charge in [0.2, 0.25) is 5.76 Å². The van der Waals surface area contributed by atoms with Gasteiger partial charge in [0.1, 0.15) is 5.82 Å². The number of hydrogen-bond donors (Lipinski definition) is 1. The molecule has 7 heteroatoms. The number of nitrogens with one attached hydrogen (secondary N) is 1. The van der Waals surface area contributed by atoms with Gasteiger partial charge in [-0.25, -0.2) is 9.38 Å². The van der Waals surface area contributed by atoms with E-state index in [1.807, 2.05) is 12.1 Å². The quantitative estimate of drug-likeness (QED) is 0.785. The Morgan fingerprint density at radius 1 is 1.00 bits per heavy atom. The van der Waals surface area contributed by atoms with E-state index >= 15 is 0 Å². The maximum Gasteiger partial charge on any atom is 0.294 e. The molecule has 1 aromatic heterocycles. The molecule has 26 heavy (non-hydrogen) atoms. The second kappa shape index (κ2) is 6.72. The van der Waals surface area contributed by atoms with Crippen LogP contribution in [0.4, 0.5) is 10.1 Å². The van der Waals surface area contributed by atoms with Gasteiger partial charge in [0.25, 0.3) is 5.91 Å². The largest absolute Gasteiger partial charge is 0.351 e. The van der Waals surface area contributed by atoms with E-state index in [1.54, 1.807) is 24.3 Å². The molecule has 1 aliphatic rings. The monoisotopic (exact) mass is 348 g/mol. The number of benzene rings is 2. The second-order valence-electron chi connectivity index (χ2n) is 5.61. The van der Waals surface area contributed by atoms with Gasteiger partial charge >= 0.3 is 0 Å². The molecule has 0 saturated carbocycles. The van der Waals surface area contributed by atoms with Crippen LogP contribution in [0.2, 0.25) is 0 Å². The number of nitrogens with zero attached hydrogens (tertiary/aromatic N) is 3. The molecule has 0 atom stereocenters. The first-order chi connectivity index (χ1) is 12.7. The highest BCUT2D eigenvalue weighted by molar-refractivity contribution is 6.17. The van der Waals surface area contributed by atoms with Crippen LogP contribution in [-0.2, 0) is 0 Å². The Labute approximate surface area is 148 Å². The maximum absolute atomic E-state index is 13.0. The third-order valence-electron chi connectivity index (χ3n) is 3.86. The summed E-state index contributed by atoms with van der Waals surface area (Å²) in [6.07, 6.45) is 1.41. The molecule has 1 N–H and O–H groups in total. The fraction of sp³-hybridized carbons (Fsp3) is 0.0526. The molecular formula is C19H13FN4O2. The number of rotatable bonds is 4. The van der Waals surface area contributed by atoms with Gasteiger partial charge in [-0.1, -0.05) is 17.3 Å². The minimum Gasteiger partial charge on any atom is -0.351 e. The lowest BCUT2D eigenvalue weighted by atomic mass is 10.1. The van der Waals surface area contributed by atoms with Gasteiger partial charge in [0.05, 0.1) is 18.5 Å². The van der Waals surface area contributed by atoms with E-state index in [1.165, 1.54) is 24.4 Å². The van der Waals surface area contributed by atoms with Crippen molar-refractivity contribution in [3.8, 4) is 0 Å². The minimum absolute atomic E-state index is 0.141. The van der Waals surface area contributed by atoms with Crippen molar-refractivity contribution in [2.45, 2.75) is 0 Å². The first-order valence-electron chi connectivity index (χ1n) is 7.89. The van der Waals surface area contributed by atoms with Crippen molar-refractivity contribution in [2.75, 3.05) is 11.9 Å². The van der Waals surface area contributed by atoms with E-state index in [2.05, 4.69) is 20.5 Å². The highest BCUT2D eigenvalue weighted by Gasteiger charge is 2.14. The number of amides is 1. The van der Waals surface area contributed by atoms with Crippen molar-refractivity contribution in [3.05, 3.63) is 83.5 Å². The molecule has 6 nitrogen and oxygen atoms in total. The first kappa shape index (κ1) is 15.9. The molecular weight excluding hydrogens is 335 g/mol. The second-order valence-corrected chi connectivity index (χ2v) is 5.61. The number of halogens is 1. The summed E-state index contributed by atoms with van der Waals surface area (Å²) < 4.78 is 17.8. The average molecular weight is 348 g/mol. The fourth-order valence-electron chi connectivity index (χ4n) is 2.53. The Morgan fingerprint density at radius 2 is 1.73 bits per heavy atom. The Kier molecular flexibility index (Phi) is 4.10. The molecule has 4 rings (SSSR count). The van der Waals surface area contributed by atoms with Crippen LogP contribution in [0, 0.1) is 5.82 Å². The number of aliphatic imine (C=N–C) groups is 2. The normalized spacial score (nSPS) is 13.3. The van der Waals surface area contributed by atoms with Crippen LogP contribution in [0.5, 0.6) is 0 Å². The van der Waals surface area contributed by atoms with Gasteiger partial charge in [-0.2, -0.15) is 0 Å². The Bertz CT molecular complexity index is 991. The summed E-state index contributed by atoms with van der Waals surface area (Å²) in [7, 11) is 0. The Hall–Kier alpha value is -3.61. The topological polar surface area (TPSA) is 79.9 Å². The summed E-state index contributed by atoms with van der Waals surface area (Å²) in [5.74, 6) is 0.0988. The van der Waals surface area contributed by atoms with Crippen molar-refractivity contribution < 1.29 is 13.7 Å². The van der Waals surface area contributed by atoms with Crippen molar-refractivity contribution in [2.24, 2.45) is 9.98 Å². The van der Waals surface area contributed by atoms with Crippen LogP contribution in [-0.4, -0.2) is 29.2 Å². The predicted octanol–water partition coefficient (Wildman–Crippen LogP) is 3.32. The molecule has 1 aliphatic heterocycles. The van der Waals surface area contributed by atoms with Crippen molar-refractivity contribution in [3.63, 3.8) is 0 Å². The summed E-state index contributed by atoms with van der Waals surface area (Å²) in [6, 6.07) is 14.9. The van der Waals surface area contributed by atoms with Gasteiger partial charge < -0.3 is 9.84 Å². The van der Waals surface area contributed by atoms with Crippen molar-refractivity contribution >= 4 is 23.1 Å². The lowest BCUT2D eigenvalue weighted by Crippen LogP contribution is -2.10. The van der Waals surface area contributed by atoms with E-state index in [-0.39, 0.29) is 17.5 Å². The molecule has 2 aromatic carbocycles. The summed E-state index contributed by atoms with van der Waals surface area (Å²) in [4.78, 5) is 20.9. The minimum atomic E-state index is -0.370. The predicted molar refractivity (Wildman–Crippen MR) is 95.2 cm³/mol.